The van der Waals surface area contributed by atoms with E-state index in [1.807, 2.05) is 30.3 Å². The van der Waals surface area contributed by atoms with Crippen molar-refractivity contribution in [3.8, 4) is 11.1 Å². The second kappa shape index (κ2) is 6.19. The molecular formula is C18H18FNO. The summed E-state index contributed by atoms with van der Waals surface area (Å²) in [7, 11) is 0. The van der Waals surface area contributed by atoms with Crippen LogP contribution in [-0.2, 0) is 0 Å². The molecule has 0 spiro atoms. The second-order valence-corrected chi connectivity index (χ2v) is 5.47. The molecule has 1 aliphatic rings. The highest BCUT2D eigenvalue weighted by atomic mass is 19.1. The Labute approximate surface area is 124 Å². The fourth-order valence-corrected chi connectivity index (χ4v) is 2.83. The third-order valence-electron chi connectivity index (χ3n) is 4.01. The highest BCUT2D eigenvalue weighted by Crippen LogP contribution is 2.25. The molecule has 0 radical (unpaired) electrons. The van der Waals surface area contributed by atoms with E-state index in [0.29, 0.717) is 17.7 Å². The monoisotopic (exact) mass is 283 g/mol. The van der Waals surface area contributed by atoms with Gasteiger partial charge in [-0.25, -0.2) is 4.39 Å². The van der Waals surface area contributed by atoms with E-state index in [9.17, 15) is 9.18 Å². The van der Waals surface area contributed by atoms with Crippen LogP contribution in [0.15, 0.2) is 48.5 Å². The molecule has 1 atom stereocenters. The van der Waals surface area contributed by atoms with Crippen LogP contribution in [0.25, 0.3) is 11.1 Å². The first-order chi connectivity index (χ1) is 10.3. The summed E-state index contributed by atoms with van der Waals surface area (Å²) in [5.41, 5.74) is 1.84. The normalized spacial score (nSPS) is 18.4. The van der Waals surface area contributed by atoms with E-state index < -0.39 is 0 Å². The van der Waals surface area contributed by atoms with Gasteiger partial charge in [-0.15, -0.1) is 0 Å². The van der Waals surface area contributed by atoms with Crippen molar-refractivity contribution in [2.45, 2.75) is 12.8 Å². The first-order valence-electron chi connectivity index (χ1n) is 7.35. The van der Waals surface area contributed by atoms with Crippen molar-refractivity contribution in [2.75, 3.05) is 13.1 Å². The van der Waals surface area contributed by atoms with Crippen LogP contribution in [0.5, 0.6) is 0 Å². The molecule has 21 heavy (non-hydrogen) atoms. The molecule has 0 amide bonds. The van der Waals surface area contributed by atoms with Gasteiger partial charge in [-0.3, -0.25) is 4.79 Å². The lowest BCUT2D eigenvalue weighted by Crippen LogP contribution is -2.34. The lowest BCUT2D eigenvalue weighted by atomic mass is 9.90. The Morgan fingerprint density at radius 1 is 1.14 bits per heavy atom. The SMILES string of the molecule is O=C(c1ccc(-c2ccccc2)c(F)c1)[C@H]1CCCNC1. The van der Waals surface area contributed by atoms with E-state index in [0.717, 1.165) is 24.9 Å². The zero-order valence-electron chi connectivity index (χ0n) is 11.8. The van der Waals surface area contributed by atoms with Gasteiger partial charge in [0.2, 0.25) is 0 Å². The Kier molecular flexibility index (Phi) is 4.11. The van der Waals surface area contributed by atoms with Gasteiger partial charge >= 0.3 is 0 Å². The van der Waals surface area contributed by atoms with E-state index in [2.05, 4.69) is 5.32 Å². The molecule has 0 unspecified atom stereocenters. The third kappa shape index (κ3) is 3.03. The van der Waals surface area contributed by atoms with Gasteiger partial charge in [0.1, 0.15) is 5.82 Å². The van der Waals surface area contributed by atoms with Crippen LogP contribution in [0.2, 0.25) is 0 Å². The van der Waals surface area contributed by atoms with E-state index in [-0.39, 0.29) is 17.5 Å². The minimum atomic E-state index is -0.337. The average Bonchev–Trinajstić information content (AvgIpc) is 2.55. The van der Waals surface area contributed by atoms with E-state index in [1.165, 1.54) is 6.07 Å². The summed E-state index contributed by atoms with van der Waals surface area (Å²) < 4.78 is 14.3. The van der Waals surface area contributed by atoms with Gasteiger partial charge in [-0.1, -0.05) is 42.5 Å². The minimum Gasteiger partial charge on any atom is -0.316 e. The molecule has 2 aromatic carbocycles. The maximum atomic E-state index is 14.3. The number of piperidine rings is 1. The van der Waals surface area contributed by atoms with Crippen LogP contribution in [0.1, 0.15) is 23.2 Å². The number of hydrogen-bond donors (Lipinski definition) is 1. The molecule has 0 saturated carbocycles. The summed E-state index contributed by atoms with van der Waals surface area (Å²) in [6.07, 6.45) is 1.88. The lowest BCUT2D eigenvalue weighted by molar-refractivity contribution is 0.0899. The number of benzene rings is 2. The number of halogens is 1. The quantitative estimate of drug-likeness (QED) is 0.871. The third-order valence-corrected chi connectivity index (χ3v) is 4.01. The van der Waals surface area contributed by atoms with Gasteiger partial charge in [-0.05, 0) is 31.0 Å². The summed E-state index contributed by atoms with van der Waals surface area (Å²) >= 11 is 0. The smallest absolute Gasteiger partial charge is 0.167 e. The molecule has 0 bridgehead atoms. The summed E-state index contributed by atoms with van der Waals surface area (Å²) in [4.78, 5) is 12.4. The molecule has 2 nitrogen and oxygen atoms in total. The van der Waals surface area contributed by atoms with Gasteiger partial charge in [0.15, 0.2) is 5.78 Å². The number of hydrogen-bond acceptors (Lipinski definition) is 2. The van der Waals surface area contributed by atoms with Crippen LogP contribution in [0, 0.1) is 11.7 Å². The first-order valence-corrected chi connectivity index (χ1v) is 7.35. The Hall–Kier alpha value is -2.00. The van der Waals surface area contributed by atoms with E-state index in [4.69, 9.17) is 0 Å². The van der Waals surface area contributed by atoms with Gasteiger partial charge in [0, 0.05) is 23.6 Å². The second-order valence-electron chi connectivity index (χ2n) is 5.47. The van der Waals surface area contributed by atoms with Crippen LogP contribution in [-0.4, -0.2) is 18.9 Å². The largest absolute Gasteiger partial charge is 0.316 e. The van der Waals surface area contributed by atoms with Crippen LogP contribution in [0.4, 0.5) is 4.39 Å². The van der Waals surface area contributed by atoms with Crippen molar-refractivity contribution >= 4 is 5.78 Å². The Balaban J connectivity index is 1.85. The molecular weight excluding hydrogens is 265 g/mol. The Morgan fingerprint density at radius 2 is 1.95 bits per heavy atom. The molecule has 1 aliphatic heterocycles. The maximum absolute atomic E-state index is 14.3. The van der Waals surface area contributed by atoms with Crippen LogP contribution in [0.3, 0.4) is 0 Å². The average molecular weight is 283 g/mol. The number of rotatable bonds is 3. The Morgan fingerprint density at radius 3 is 2.62 bits per heavy atom. The molecule has 3 rings (SSSR count). The summed E-state index contributed by atoms with van der Waals surface area (Å²) in [5, 5.41) is 3.22. The van der Waals surface area contributed by atoms with Crippen LogP contribution < -0.4 is 5.32 Å². The Bertz CT molecular complexity index is 633. The molecule has 108 valence electrons. The standard InChI is InChI=1S/C18H18FNO/c19-17-11-14(18(21)15-7-4-10-20-12-15)8-9-16(17)13-5-2-1-3-6-13/h1-3,5-6,8-9,11,15,20H,4,7,10,12H2/t15-/m0/s1. The number of ketones is 1. The summed E-state index contributed by atoms with van der Waals surface area (Å²) in [6, 6.07) is 14.2. The first kappa shape index (κ1) is 14.0. The fraction of sp³-hybridized carbons (Fsp3) is 0.278. The van der Waals surface area contributed by atoms with E-state index >= 15 is 0 Å². The zero-order valence-corrected chi connectivity index (χ0v) is 11.8. The zero-order chi connectivity index (χ0) is 14.7. The molecule has 3 heteroatoms. The maximum Gasteiger partial charge on any atom is 0.167 e. The van der Waals surface area contributed by atoms with Crippen molar-refractivity contribution in [1.82, 2.24) is 5.32 Å². The number of carbonyl (C=O) groups excluding carboxylic acids is 1. The van der Waals surface area contributed by atoms with Crippen molar-refractivity contribution in [1.29, 1.82) is 0 Å². The topological polar surface area (TPSA) is 29.1 Å². The van der Waals surface area contributed by atoms with Crippen LogP contribution >= 0.6 is 0 Å². The van der Waals surface area contributed by atoms with Gasteiger partial charge in [0.25, 0.3) is 0 Å². The lowest BCUT2D eigenvalue weighted by Gasteiger charge is -2.21. The van der Waals surface area contributed by atoms with Gasteiger partial charge < -0.3 is 5.32 Å². The van der Waals surface area contributed by atoms with Gasteiger partial charge in [-0.2, -0.15) is 0 Å². The molecule has 0 aromatic heterocycles. The molecule has 1 fully saturated rings. The number of Topliss-reactive ketones (excluding diaryl/α,β-unsaturated/α-hetero) is 1. The predicted molar refractivity (Wildman–Crippen MR) is 81.8 cm³/mol. The van der Waals surface area contributed by atoms with Crippen molar-refractivity contribution in [2.24, 2.45) is 5.92 Å². The summed E-state index contributed by atoms with van der Waals surface area (Å²) in [5.74, 6) is -0.322. The molecule has 1 heterocycles. The van der Waals surface area contributed by atoms with Crippen molar-refractivity contribution < 1.29 is 9.18 Å². The van der Waals surface area contributed by atoms with Crippen molar-refractivity contribution in [3.63, 3.8) is 0 Å². The minimum absolute atomic E-state index is 0.0271. The van der Waals surface area contributed by atoms with Gasteiger partial charge in [0.05, 0.1) is 0 Å². The summed E-state index contributed by atoms with van der Waals surface area (Å²) in [6.45, 7) is 1.66. The van der Waals surface area contributed by atoms with Crippen molar-refractivity contribution in [3.05, 3.63) is 59.9 Å². The highest BCUT2D eigenvalue weighted by molar-refractivity contribution is 5.98. The molecule has 1 N–H and O–H groups in total. The number of nitrogens with one attached hydrogen (secondary N) is 1. The predicted octanol–water partition coefficient (Wildman–Crippen LogP) is 3.68. The molecule has 2 aromatic rings. The van der Waals surface area contributed by atoms with E-state index in [1.54, 1.807) is 12.1 Å². The molecule has 1 saturated heterocycles. The highest BCUT2D eigenvalue weighted by Gasteiger charge is 2.22. The number of carbonyl (C=O) groups is 1. The molecule has 0 aliphatic carbocycles. The fourth-order valence-electron chi connectivity index (χ4n) is 2.83.